The number of rotatable bonds is 6. The topological polar surface area (TPSA) is 213 Å². The van der Waals surface area contributed by atoms with Crippen LogP contribution < -0.4 is 0 Å². The van der Waals surface area contributed by atoms with E-state index < -0.39 is 41.0 Å². The third-order valence-corrected chi connectivity index (χ3v) is 3.18. The van der Waals surface area contributed by atoms with Crippen molar-refractivity contribution in [3.63, 3.8) is 0 Å². The third-order valence-electron chi connectivity index (χ3n) is 3.18. The van der Waals surface area contributed by atoms with E-state index in [0.29, 0.717) is 18.2 Å². The average Bonchev–Trinajstić information content (AvgIpc) is 2.46. The summed E-state index contributed by atoms with van der Waals surface area (Å²) in [5.74, 6) is -12.3. The summed E-state index contributed by atoms with van der Waals surface area (Å²) >= 11 is 0. The smallest absolute Gasteiger partial charge is 0.347 e. The average molecular weight is 346 g/mol. The van der Waals surface area contributed by atoms with E-state index in [1.807, 2.05) is 0 Å². The molecular formula is C13H14O11. The van der Waals surface area contributed by atoms with Crippen molar-refractivity contribution in [3.8, 4) is 0 Å². The van der Waals surface area contributed by atoms with E-state index in [4.69, 9.17) is 10.2 Å². The SMILES string of the molecule is O=C(O)C(O)C(O)(C(=O)O)C(=O)/C=C/C1=CC(O)(O)C(O)(O)C=C1. The Kier molecular flexibility index (Phi) is 5.10. The number of hydrogen-bond acceptors (Lipinski definition) is 9. The minimum Gasteiger partial charge on any atom is -0.479 e. The van der Waals surface area contributed by atoms with E-state index in [-0.39, 0.29) is 5.57 Å². The number of carboxylic acids is 2. The van der Waals surface area contributed by atoms with Gasteiger partial charge in [0.1, 0.15) is 0 Å². The number of ketones is 1. The molecule has 1 aliphatic carbocycles. The highest BCUT2D eigenvalue weighted by molar-refractivity contribution is 6.15. The van der Waals surface area contributed by atoms with Gasteiger partial charge in [-0.05, 0) is 23.8 Å². The van der Waals surface area contributed by atoms with Crippen molar-refractivity contribution in [2.75, 3.05) is 0 Å². The summed E-state index contributed by atoms with van der Waals surface area (Å²) in [6.45, 7) is 0. The second-order valence-corrected chi connectivity index (χ2v) is 4.94. The number of carboxylic acid groups (broad SMARTS) is 2. The van der Waals surface area contributed by atoms with Crippen LogP contribution in [0, 0.1) is 0 Å². The number of carbonyl (C=O) groups is 3. The maximum Gasteiger partial charge on any atom is 0.347 e. The van der Waals surface area contributed by atoms with Crippen molar-refractivity contribution in [2.24, 2.45) is 0 Å². The minimum absolute atomic E-state index is 0.218. The van der Waals surface area contributed by atoms with Crippen molar-refractivity contribution < 1.29 is 55.2 Å². The van der Waals surface area contributed by atoms with Gasteiger partial charge in [-0.1, -0.05) is 12.2 Å². The number of allylic oxidation sites excluding steroid dienone is 3. The minimum atomic E-state index is -3.67. The summed E-state index contributed by atoms with van der Waals surface area (Å²) in [4.78, 5) is 33.3. The summed E-state index contributed by atoms with van der Waals surface area (Å²) in [5, 5.41) is 73.5. The quantitative estimate of drug-likeness (QED) is 0.133. The molecule has 0 spiro atoms. The van der Waals surface area contributed by atoms with Crippen LogP contribution in [0.3, 0.4) is 0 Å². The lowest BCUT2D eigenvalue weighted by Crippen LogP contribution is -2.58. The largest absolute Gasteiger partial charge is 0.479 e. The Morgan fingerprint density at radius 1 is 1.08 bits per heavy atom. The molecule has 11 nitrogen and oxygen atoms in total. The first-order valence-corrected chi connectivity index (χ1v) is 6.16. The van der Waals surface area contributed by atoms with E-state index in [1.165, 1.54) is 0 Å². The molecule has 1 rings (SSSR count). The molecule has 8 N–H and O–H groups in total. The molecule has 2 atom stereocenters. The molecule has 0 heterocycles. The van der Waals surface area contributed by atoms with Gasteiger partial charge < -0.3 is 40.9 Å². The summed E-state index contributed by atoms with van der Waals surface area (Å²) in [6.07, 6.45) is 0.102. The van der Waals surface area contributed by atoms with Gasteiger partial charge in [0.25, 0.3) is 5.60 Å². The van der Waals surface area contributed by atoms with Gasteiger partial charge in [-0.2, -0.15) is 0 Å². The third kappa shape index (κ3) is 3.41. The molecule has 0 saturated heterocycles. The lowest BCUT2D eigenvalue weighted by atomic mass is 9.90. The molecule has 24 heavy (non-hydrogen) atoms. The first-order chi connectivity index (χ1) is 10.8. The maximum absolute atomic E-state index is 11.8. The Labute approximate surface area is 133 Å². The zero-order valence-corrected chi connectivity index (χ0v) is 11.8. The molecular weight excluding hydrogens is 332 g/mol. The van der Waals surface area contributed by atoms with Crippen molar-refractivity contribution in [2.45, 2.75) is 23.3 Å². The summed E-state index contributed by atoms with van der Waals surface area (Å²) in [5.41, 5.74) is -3.89. The highest BCUT2D eigenvalue weighted by Crippen LogP contribution is 2.27. The van der Waals surface area contributed by atoms with E-state index in [9.17, 15) is 45.0 Å². The van der Waals surface area contributed by atoms with Crippen LogP contribution in [0.4, 0.5) is 0 Å². The molecule has 0 bridgehead atoms. The van der Waals surface area contributed by atoms with Crippen LogP contribution in [-0.4, -0.2) is 81.9 Å². The Bertz CT molecular complexity index is 655. The van der Waals surface area contributed by atoms with Crippen molar-refractivity contribution in [1.82, 2.24) is 0 Å². The van der Waals surface area contributed by atoms with Gasteiger partial charge in [-0.25, -0.2) is 9.59 Å². The molecule has 1 aliphatic rings. The Hall–Kier alpha value is -2.41. The number of aliphatic hydroxyl groups is 6. The second-order valence-electron chi connectivity index (χ2n) is 4.94. The standard InChI is InChI=1S/C13H14O11/c14-7(13(24,10(18)19)8(15)9(16)17)2-1-6-3-4-11(20,21)12(22,23)5-6/h1-5,8,15,20-24H,(H,16,17)(H,18,19)/b2-1+. The highest BCUT2D eigenvalue weighted by atomic mass is 16.6. The highest BCUT2D eigenvalue weighted by Gasteiger charge is 2.53. The number of aliphatic hydroxyl groups excluding tert-OH is 1. The molecule has 2 unspecified atom stereocenters. The molecule has 0 aromatic heterocycles. The predicted molar refractivity (Wildman–Crippen MR) is 71.9 cm³/mol. The molecule has 0 aromatic rings. The fourth-order valence-corrected chi connectivity index (χ4v) is 1.66. The Morgan fingerprint density at radius 3 is 2.04 bits per heavy atom. The van der Waals surface area contributed by atoms with Crippen molar-refractivity contribution >= 4 is 17.7 Å². The van der Waals surface area contributed by atoms with Crippen LogP contribution >= 0.6 is 0 Å². The van der Waals surface area contributed by atoms with Gasteiger partial charge in [0, 0.05) is 0 Å². The molecule has 0 amide bonds. The number of hydrogen-bond donors (Lipinski definition) is 8. The fraction of sp³-hybridized carbons (Fsp3) is 0.308. The Balaban J connectivity index is 3.12. The predicted octanol–water partition coefficient (Wildman–Crippen LogP) is -3.77. The van der Waals surface area contributed by atoms with Gasteiger partial charge in [-0.15, -0.1) is 0 Å². The Morgan fingerprint density at radius 2 is 1.62 bits per heavy atom. The van der Waals surface area contributed by atoms with Crippen LogP contribution in [0.1, 0.15) is 0 Å². The van der Waals surface area contributed by atoms with Crippen LogP contribution in [-0.2, 0) is 14.4 Å². The van der Waals surface area contributed by atoms with Crippen molar-refractivity contribution in [1.29, 1.82) is 0 Å². The maximum atomic E-state index is 11.8. The van der Waals surface area contributed by atoms with E-state index in [2.05, 4.69) is 0 Å². The van der Waals surface area contributed by atoms with Gasteiger partial charge >= 0.3 is 11.9 Å². The first kappa shape index (κ1) is 19.6. The van der Waals surface area contributed by atoms with E-state index >= 15 is 0 Å². The van der Waals surface area contributed by atoms with Crippen LogP contribution in [0.25, 0.3) is 0 Å². The normalized spacial score (nSPS) is 22.5. The van der Waals surface area contributed by atoms with Crippen LogP contribution in [0.5, 0.6) is 0 Å². The zero-order valence-electron chi connectivity index (χ0n) is 11.8. The van der Waals surface area contributed by atoms with E-state index in [1.54, 1.807) is 0 Å². The van der Waals surface area contributed by atoms with Crippen LogP contribution in [0.2, 0.25) is 0 Å². The molecule has 0 radical (unpaired) electrons. The zero-order chi connectivity index (χ0) is 18.9. The van der Waals surface area contributed by atoms with Gasteiger partial charge in [0.05, 0.1) is 0 Å². The molecule has 0 aliphatic heterocycles. The summed E-state index contributed by atoms with van der Waals surface area (Å²) < 4.78 is 0. The molecule has 0 fully saturated rings. The van der Waals surface area contributed by atoms with Crippen molar-refractivity contribution in [3.05, 3.63) is 36.0 Å². The molecule has 11 heteroatoms. The van der Waals surface area contributed by atoms with Gasteiger partial charge in [0.2, 0.25) is 17.4 Å². The lowest BCUT2D eigenvalue weighted by Gasteiger charge is -2.32. The van der Waals surface area contributed by atoms with E-state index in [0.717, 1.165) is 12.2 Å². The second kappa shape index (κ2) is 6.24. The fourth-order valence-electron chi connectivity index (χ4n) is 1.66. The first-order valence-electron chi connectivity index (χ1n) is 6.16. The monoisotopic (exact) mass is 346 g/mol. The lowest BCUT2D eigenvalue weighted by molar-refractivity contribution is -0.308. The summed E-state index contributed by atoms with van der Waals surface area (Å²) in [6, 6.07) is 0. The molecule has 0 saturated carbocycles. The van der Waals surface area contributed by atoms with Gasteiger partial charge in [-0.3, -0.25) is 4.79 Å². The number of carbonyl (C=O) groups excluding carboxylic acids is 1. The molecule has 0 aromatic carbocycles. The van der Waals surface area contributed by atoms with Gasteiger partial charge in [0.15, 0.2) is 6.10 Å². The van der Waals surface area contributed by atoms with Crippen LogP contribution in [0.15, 0.2) is 36.0 Å². The summed E-state index contributed by atoms with van der Waals surface area (Å²) in [7, 11) is 0. The molecule has 132 valence electrons. The number of aliphatic carboxylic acids is 2.